The Balaban J connectivity index is 3.32. The Bertz CT molecular complexity index is 111. The molecular formula is C5H5ClO. The van der Waals surface area contributed by atoms with Crippen LogP contribution in [-0.4, -0.2) is 5.24 Å². The van der Waals surface area contributed by atoms with Gasteiger partial charge in [-0.05, 0) is 17.7 Å². The maximum atomic E-state index is 9.87. The molecule has 0 aromatic rings. The van der Waals surface area contributed by atoms with E-state index in [4.69, 9.17) is 11.6 Å². The first-order chi connectivity index (χ1) is 3.27. The van der Waals surface area contributed by atoms with Gasteiger partial charge in [-0.1, -0.05) is 6.58 Å². The van der Waals surface area contributed by atoms with Gasteiger partial charge in [0.1, 0.15) is 0 Å². The summed E-state index contributed by atoms with van der Waals surface area (Å²) in [6, 6.07) is 0. The molecule has 0 amide bonds. The van der Waals surface area contributed by atoms with Gasteiger partial charge < -0.3 is 0 Å². The normalized spacial score (nSPS) is 7.00. The van der Waals surface area contributed by atoms with E-state index >= 15 is 0 Å². The maximum Gasteiger partial charge on any atom is 0.226 e. The van der Waals surface area contributed by atoms with Crippen LogP contribution in [0.5, 0.6) is 0 Å². The number of hydrogen-bond donors (Lipinski definition) is 0. The summed E-state index contributed by atoms with van der Waals surface area (Å²) in [6.07, 6.45) is 1.71. The van der Waals surface area contributed by atoms with Crippen LogP contribution in [0.1, 0.15) is 6.42 Å². The van der Waals surface area contributed by atoms with Crippen LogP contribution < -0.4 is 0 Å². The molecule has 0 bridgehead atoms. The van der Waals surface area contributed by atoms with E-state index in [1.165, 1.54) is 6.08 Å². The maximum absolute atomic E-state index is 9.87. The van der Waals surface area contributed by atoms with Crippen LogP contribution in [0.4, 0.5) is 0 Å². The van der Waals surface area contributed by atoms with E-state index in [1.807, 2.05) is 0 Å². The lowest BCUT2D eigenvalue weighted by Crippen LogP contribution is -1.77. The van der Waals surface area contributed by atoms with Gasteiger partial charge in [0.15, 0.2) is 0 Å². The van der Waals surface area contributed by atoms with Crippen LogP contribution in [0.15, 0.2) is 18.4 Å². The Hall–Kier alpha value is -0.520. The Morgan fingerprint density at radius 1 is 2.00 bits per heavy atom. The number of carbonyl (C=O) groups excluding carboxylic acids is 1. The molecule has 38 valence electrons. The predicted octanol–water partition coefficient (Wildman–Crippen LogP) is 1.48. The molecule has 0 N–H and O–H groups in total. The van der Waals surface area contributed by atoms with Crippen molar-refractivity contribution >= 4 is 16.8 Å². The van der Waals surface area contributed by atoms with E-state index in [0.717, 1.165) is 0 Å². The van der Waals surface area contributed by atoms with Crippen LogP contribution in [0.2, 0.25) is 0 Å². The highest BCUT2D eigenvalue weighted by atomic mass is 35.5. The molecule has 0 heterocycles. The minimum Gasteiger partial charge on any atom is -0.281 e. The molecule has 0 aliphatic rings. The zero-order valence-corrected chi connectivity index (χ0v) is 4.53. The molecule has 0 aromatic heterocycles. The molecule has 7 heavy (non-hydrogen) atoms. The Morgan fingerprint density at radius 2 is 2.57 bits per heavy atom. The summed E-state index contributed by atoms with van der Waals surface area (Å²) >= 11 is 4.92. The van der Waals surface area contributed by atoms with Gasteiger partial charge in [0.25, 0.3) is 0 Å². The van der Waals surface area contributed by atoms with Crippen molar-refractivity contribution in [3.8, 4) is 0 Å². The van der Waals surface area contributed by atoms with Crippen molar-refractivity contribution in [2.45, 2.75) is 6.42 Å². The molecule has 0 spiro atoms. The largest absolute Gasteiger partial charge is 0.281 e. The standard InChI is InChI=1S/C5H5ClO/c1-2-3-4-5(6)7/h3H,1,4H2. The van der Waals surface area contributed by atoms with Crippen molar-refractivity contribution in [2.24, 2.45) is 0 Å². The predicted molar refractivity (Wildman–Crippen MR) is 29.2 cm³/mol. The molecule has 0 saturated heterocycles. The second-order valence-electron chi connectivity index (χ2n) is 0.967. The molecule has 0 aromatic carbocycles. The van der Waals surface area contributed by atoms with Crippen molar-refractivity contribution in [3.05, 3.63) is 18.4 Å². The molecule has 0 rings (SSSR count). The summed E-state index contributed by atoms with van der Waals surface area (Å²) in [4.78, 5) is 9.87. The molecule has 0 atom stereocenters. The molecule has 0 radical (unpaired) electrons. The van der Waals surface area contributed by atoms with Gasteiger partial charge in [-0.3, -0.25) is 4.79 Å². The van der Waals surface area contributed by atoms with Crippen molar-refractivity contribution in [2.75, 3.05) is 0 Å². The number of hydrogen-bond acceptors (Lipinski definition) is 1. The van der Waals surface area contributed by atoms with Gasteiger partial charge >= 0.3 is 0 Å². The first-order valence-electron chi connectivity index (χ1n) is 1.80. The van der Waals surface area contributed by atoms with Gasteiger partial charge in [-0.15, -0.1) is 5.73 Å². The minimum absolute atomic E-state index is 0.227. The monoisotopic (exact) mass is 116 g/mol. The third-order valence-electron chi connectivity index (χ3n) is 0.407. The average molecular weight is 117 g/mol. The molecule has 0 unspecified atom stereocenters. The Labute approximate surface area is 47.3 Å². The lowest BCUT2D eigenvalue weighted by Gasteiger charge is -1.72. The van der Waals surface area contributed by atoms with Crippen LogP contribution in [0.3, 0.4) is 0 Å². The quantitative estimate of drug-likeness (QED) is 0.395. The molecule has 1 nitrogen and oxygen atoms in total. The van der Waals surface area contributed by atoms with Crippen LogP contribution in [-0.2, 0) is 4.79 Å². The second kappa shape index (κ2) is 3.66. The summed E-state index contributed by atoms with van der Waals surface area (Å²) in [5, 5.41) is -0.379. The van der Waals surface area contributed by atoms with Crippen LogP contribution in [0.25, 0.3) is 0 Å². The van der Waals surface area contributed by atoms with Gasteiger partial charge in [0.2, 0.25) is 5.24 Å². The summed E-state index contributed by atoms with van der Waals surface area (Å²) < 4.78 is 0. The third-order valence-corrected chi connectivity index (χ3v) is 0.561. The van der Waals surface area contributed by atoms with E-state index in [-0.39, 0.29) is 11.7 Å². The molecular weight excluding hydrogens is 112 g/mol. The Kier molecular flexibility index (Phi) is 3.39. The fraction of sp³-hybridized carbons (Fsp3) is 0.200. The van der Waals surface area contributed by atoms with E-state index in [2.05, 4.69) is 12.3 Å². The van der Waals surface area contributed by atoms with Crippen molar-refractivity contribution < 1.29 is 4.79 Å². The summed E-state index contributed by atoms with van der Waals surface area (Å²) in [5.41, 5.74) is 2.42. The Morgan fingerprint density at radius 3 is 2.71 bits per heavy atom. The van der Waals surface area contributed by atoms with E-state index < -0.39 is 0 Å². The molecule has 0 aliphatic heterocycles. The zero-order chi connectivity index (χ0) is 5.70. The zero-order valence-electron chi connectivity index (χ0n) is 3.78. The first kappa shape index (κ1) is 6.48. The summed E-state index contributed by atoms with van der Waals surface area (Å²) in [6.45, 7) is 3.24. The highest BCUT2D eigenvalue weighted by molar-refractivity contribution is 6.63. The summed E-state index contributed by atoms with van der Waals surface area (Å²) in [7, 11) is 0. The number of rotatable bonds is 2. The van der Waals surface area contributed by atoms with Gasteiger partial charge in [-0.2, -0.15) is 0 Å². The second-order valence-corrected chi connectivity index (χ2v) is 1.39. The van der Waals surface area contributed by atoms with Gasteiger partial charge in [0.05, 0.1) is 0 Å². The molecule has 2 heteroatoms. The minimum atomic E-state index is -0.379. The lowest BCUT2D eigenvalue weighted by atomic mass is 10.5. The number of halogens is 1. The van der Waals surface area contributed by atoms with Crippen LogP contribution in [0, 0.1) is 0 Å². The SMILES string of the molecule is C=C=CCC(=O)Cl. The number of carbonyl (C=O) groups is 1. The van der Waals surface area contributed by atoms with Gasteiger partial charge in [-0.25, -0.2) is 0 Å². The lowest BCUT2D eigenvalue weighted by molar-refractivity contribution is -0.110. The average Bonchev–Trinajstić information content (AvgIpc) is 1.61. The smallest absolute Gasteiger partial charge is 0.226 e. The van der Waals surface area contributed by atoms with E-state index in [0.29, 0.717) is 0 Å². The van der Waals surface area contributed by atoms with E-state index in [1.54, 1.807) is 0 Å². The fourth-order valence-corrected chi connectivity index (χ4v) is 0.230. The van der Waals surface area contributed by atoms with E-state index in [9.17, 15) is 4.79 Å². The topological polar surface area (TPSA) is 17.1 Å². The molecule has 0 saturated carbocycles. The van der Waals surface area contributed by atoms with Crippen LogP contribution >= 0.6 is 11.6 Å². The van der Waals surface area contributed by atoms with Crippen molar-refractivity contribution in [1.82, 2.24) is 0 Å². The van der Waals surface area contributed by atoms with Gasteiger partial charge in [0, 0.05) is 6.42 Å². The van der Waals surface area contributed by atoms with Crippen molar-refractivity contribution in [1.29, 1.82) is 0 Å². The highest BCUT2D eigenvalue weighted by Gasteiger charge is 1.85. The summed E-state index contributed by atoms with van der Waals surface area (Å²) in [5.74, 6) is 0. The third kappa shape index (κ3) is 5.48. The highest BCUT2D eigenvalue weighted by Crippen LogP contribution is 1.86. The fourth-order valence-electron chi connectivity index (χ4n) is 0.152. The first-order valence-corrected chi connectivity index (χ1v) is 2.18. The molecule has 0 fully saturated rings. The molecule has 0 aliphatic carbocycles. The van der Waals surface area contributed by atoms with Crippen molar-refractivity contribution in [3.63, 3.8) is 0 Å². The number of allylic oxidation sites excluding steroid dienone is 1.